The predicted molar refractivity (Wildman–Crippen MR) is 92.8 cm³/mol. The number of hydrogen-bond donors (Lipinski definition) is 1. The molecule has 0 radical (unpaired) electrons. The van der Waals surface area contributed by atoms with E-state index in [1.165, 1.54) is 35.7 Å². The molecule has 5 nitrogen and oxygen atoms in total. The Morgan fingerprint density at radius 1 is 1.38 bits per heavy atom. The van der Waals surface area contributed by atoms with E-state index in [0.717, 1.165) is 26.1 Å². The zero-order chi connectivity index (χ0) is 16.9. The van der Waals surface area contributed by atoms with E-state index in [0.29, 0.717) is 12.5 Å². The molecule has 128 valence electrons. The van der Waals surface area contributed by atoms with Crippen molar-refractivity contribution in [1.29, 1.82) is 0 Å². The largest absolute Gasteiger partial charge is 0.438 e. The molecule has 24 heavy (non-hydrogen) atoms. The number of nitrogens with zero attached hydrogens (tertiary/aromatic N) is 2. The van der Waals surface area contributed by atoms with Crippen LogP contribution in [-0.2, 0) is 6.54 Å². The molecule has 3 rings (SSSR count). The summed E-state index contributed by atoms with van der Waals surface area (Å²) >= 11 is 0. The maximum absolute atomic E-state index is 11.9. The molecule has 0 bridgehead atoms. The molecule has 1 atom stereocenters. The fourth-order valence-electron chi connectivity index (χ4n) is 3.27. The van der Waals surface area contributed by atoms with Crippen LogP contribution in [0.2, 0.25) is 0 Å². The smallest absolute Gasteiger partial charge is 0.288 e. The van der Waals surface area contributed by atoms with Crippen molar-refractivity contribution in [3.8, 4) is 0 Å². The minimum Gasteiger partial charge on any atom is -0.438 e. The van der Waals surface area contributed by atoms with Gasteiger partial charge < -0.3 is 9.73 Å². The Bertz CT molecular complexity index is 682. The Morgan fingerprint density at radius 2 is 2.25 bits per heavy atom. The van der Waals surface area contributed by atoms with E-state index in [-0.39, 0.29) is 11.7 Å². The van der Waals surface area contributed by atoms with Gasteiger partial charge in [-0.2, -0.15) is 0 Å². The van der Waals surface area contributed by atoms with E-state index in [1.807, 2.05) is 0 Å². The summed E-state index contributed by atoms with van der Waals surface area (Å²) in [6, 6.07) is 6.70. The molecule has 0 unspecified atom stereocenters. The third-order valence-electron chi connectivity index (χ3n) is 4.79. The SMILES string of the molecule is Cc1ccc(CN2CCC[C@@H](CNC(=O)c3cnco3)C2)cc1C. The molecule has 1 aromatic heterocycles. The van der Waals surface area contributed by atoms with E-state index in [1.54, 1.807) is 0 Å². The molecule has 0 saturated carbocycles. The number of amides is 1. The van der Waals surface area contributed by atoms with Crippen LogP contribution in [0.3, 0.4) is 0 Å². The number of nitrogens with one attached hydrogen (secondary N) is 1. The molecule has 1 saturated heterocycles. The number of hydrogen-bond acceptors (Lipinski definition) is 4. The lowest BCUT2D eigenvalue weighted by Gasteiger charge is -2.32. The number of carbonyl (C=O) groups is 1. The maximum atomic E-state index is 11.9. The van der Waals surface area contributed by atoms with E-state index in [2.05, 4.69) is 47.2 Å². The van der Waals surface area contributed by atoms with Crippen molar-refractivity contribution in [3.63, 3.8) is 0 Å². The lowest BCUT2D eigenvalue weighted by Crippen LogP contribution is -2.40. The normalized spacial score (nSPS) is 18.5. The number of rotatable bonds is 5. The molecule has 1 amide bonds. The topological polar surface area (TPSA) is 58.4 Å². The van der Waals surface area contributed by atoms with Crippen molar-refractivity contribution in [2.24, 2.45) is 5.92 Å². The van der Waals surface area contributed by atoms with Crippen molar-refractivity contribution < 1.29 is 9.21 Å². The van der Waals surface area contributed by atoms with Gasteiger partial charge in [0, 0.05) is 19.6 Å². The van der Waals surface area contributed by atoms with E-state index in [4.69, 9.17) is 4.42 Å². The Balaban J connectivity index is 1.50. The first-order valence-corrected chi connectivity index (χ1v) is 8.57. The van der Waals surface area contributed by atoms with Gasteiger partial charge in [-0.15, -0.1) is 0 Å². The molecule has 1 N–H and O–H groups in total. The van der Waals surface area contributed by atoms with Crippen molar-refractivity contribution in [3.05, 3.63) is 53.2 Å². The van der Waals surface area contributed by atoms with Crippen LogP contribution >= 0.6 is 0 Å². The second-order valence-corrected chi connectivity index (χ2v) is 6.74. The fraction of sp³-hybridized carbons (Fsp3) is 0.474. The standard InChI is InChI=1S/C19H25N3O2/c1-14-5-6-16(8-15(14)2)11-22-7-3-4-17(12-22)9-21-19(23)18-10-20-13-24-18/h5-6,8,10,13,17H,3-4,7,9,11-12H2,1-2H3,(H,21,23)/t17-/m0/s1. The van der Waals surface area contributed by atoms with Crippen LogP contribution in [0.4, 0.5) is 0 Å². The number of aromatic nitrogens is 1. The molecule has 0 aliphatic carbocycles. The molecule has 1 aromatic carbocycles. The van der Waals surface area contributed by atoms with Crippen molar-refractivity contribution in [2.75, 3.05) is 19.6 Å². The summed E-state index contributed by atoms with van der Waals surface area (Å²) in [5, 5.41) is 2.96. The fourth-order valence-corrected chi connectivity index (χ4v) is 3.27. The van der Waals surface area contributed by atoms with Gasteiger partial charge in [0.1, 0.15) is 0 Å². The molecule has 1 fully saturated rings. The average Bonchev–Trinajstić information content (AvgIpc) is 3.11. The summed E-state index contributed by atoms with van der Waals surface area (Å²) in [5.41, 5.74) is 4.05. The first-order valence-electron chi connectivity index (χ1n) is 8.57. The van der Waals surface area contributed by atoms with E-state index >= 15 is 0 Å². The summed E-state index contributed by atoms with van der Waals surface area (Å²) in [4.78, 5) is 18.2. The quantitative estimate of drug-likeness (QED) is 0.917. The summed E-state index contributed by atoms with van der Waals surface area (Å²) < 4.78 is 5.02. The van der Waals surface area contributed by atoms with E-state index < -0.39 is 0 Å². The Morgan fingerprint density at radius 3 is 3.00 bits per heavy atom. The van der Waals surface area contributed by atoms with Gasteiger partial charge >= 0.3 is 0 Å². The van der Waals surface area contributed by atoms with E-state index in [9.17, 15) is 4.79 Å². The Hall–Kier alpha value is -2.14. The molecule has 2 heterocycles. The highest BCUT2D eigenvalue weighted by atomic mass is 16.3. The minimum absolute atomic E-state index is 0.182. The highest BCUT2D eigenvalue weighted by molar-refractivity contribution is 5.90. The number of aryl methyl sites for hydroxylation is 2. The lowest BCUT2D eigenvalue weighted by molar-refractivity contribution is 0.0903. The molecule has 1 aliphatic heterocycles. The summed E-state index contributed by atoms with van der Waals surface area (Å²) in [6.45, 7) is 8.11. The van der Waals surface area contributed by atoms with Crippen molar-refractivity contribution in [1.82, 2.24) is 15.2 Å². The van der Waals surface area contributed by atoms with Gasteiger partial charge in [0.2, 0.25) is 5.76 Å². The maximum Gasteiger partial charge on any atom is 0.288 e. The monoisotopic (exact) mass is 327 g/mol. The van der Waals surface area contributed by atoms with Gasteiger partial charge in [-0.25, -0.2) is 4.98 Å². The zero-order valence-corrected chi connectivity index (χ0v) is 14.4. The van der Waals surface area contributed by atoms with Crippen molar-refractivity contribution >= 4 is 5.91 Å². The molecule has 1 aliphatic rings. The first kappa shape index (κ1) is 16.7. The van der Waals surface area contributed by atoms with Crippen LogP contribution in [-0.4, -0.2) is 35.4 Å². The number of likely N-dealkylation sites (tertiary alicyclic amines) is 1. The van der Waals surface area contributed by atoms with Gasteiger partial charge in [-0.3, -0.25) is 9.69 Å². The second kappa shape index (κ2) is 7.62. The van der Waals surface area contributed by atoms with Crippen LogP contribution in [0.1, 0.15) is 40.1 Å². The molecule has 2 aromatic rings. The summed E-state index contributed by atoms with van der Waals surface area (Å²) in [6.07, 6.45) is 5.05. The third kappa shape index (κ3) is 4.23. The predicted octanol–water partition coefficient (Wildman–Crippen LogP) is 2.93. The highest BCUT2D eigenvalue weighted by Crippen LogP contribution is 2.19. The Labute approximate surface area is 143 Å². The van der Waals surface area contributed by atoms with Gasteiger partial charge in [-0.1, -0.05) is 18.2 Å². The van der Waals surface area contributed by atoms with Gasteiger partial charge in [0.15, 0.2) is 6.39 Å². The van der Waals surface area contributed by atoms with Gasteiger partial charge in [0.25, 0.3) is 5.91 Å². The summed E-state index contributed by atoms with van der Waals surface area (Å²) in [5.74, 6) is 0.578. The number of benzene rings is 1. The lowest BCUT2D eigenvalue weighted by atomic mass is 9.97. The highest BCUT2D eigenvalue weighted by Gasteiger charge is 2.21. The number of piperidine rings is 1. The molecule has 5 heteroatoms. The Kier molecular flexibility index (Phi) is 5.30. The van der Waals surface area contributed by atoms with Crippen molar-refractivity contribution in [2.45, 2.75) is 33.2 Å². The summed E-state index contributed by atoms with van der Waals surface area (Å²) in [7, 11) is 0. The molecular formula is C19H25N3O2. The van der Waals surface area contributed by atoms with Crippen LogP contribution < -0.4 is 5.32 Å². The van der Waals surface area contributed by atoms with Gasteiger partial charge in [-0.05, 0) is 55.8 Å². The zero-order valence-electron chi connectivity index (χ0n) is 14.4. The number of oxazole rings is 1. The van der Waals surface area contributed by atoms with Crippen LogP contribution in [0, 0.1) is 19.8 Å². The van der Waals surface area contributed by atoms with Gasteiger partial charge in [0.05, 0.1) is 6.20 Å². The van der Waals surface area contributed by atoms with Crippen LogP contribution in [0.5, 0.6) is 0 Å². The second-order valence-electron chi connectivity index (χ2n) is 6.74. The minimum atomic E-state index is -0.182. The molecular weight excluding hydrogens is 302 g/mol. The average molecular weight is 327 g/mol. The molecule has 0 spiro atoms. The third-order valence-corrected chi connectivity index (χ3v) is 4.79. The first-order chi connectivity index (χ1) is 11.6. The van der Waals surface area contributed by atoms with Crippen LogP contribution in [0.15, 0.2) is 35.2 Å². The number of carbonyl (C=O) groups excluding carboxylic acids is 1. The van der Waals surface area contributed by atoms with Crippen LogP contribution in [0.25, 0.3) is 0 Å².